The highest BCUT2D eigenvalue weighted by atomic mass is 32.2. The molecular formula is C14H12FNO3S2. The Hall–Kier alpha value is -1.73. The lowest BCUT2D eigenvalue weighted by Gasteiger charge is -2.21. The molecule has 0 bridgehead atoms. The van der Waals surface area contributed by atoms with Crippen molar-refractivity contribution < 1.29 is 19.1 Å². The Kier molecular flexibility index (Phi) is 4.74. The van der Waals surface area contributed by atoms with Gasteiger partial charge < -0.3 is 5.11 Å². The first-order chi connectivity index (χ1) is 9.93. The molecule has 0 radical (unpaired) electrons. The number of hydrogen-bond acceptors (Lipinski definition) is 4. The van der Waals surface area contributed by atoms with Crippen molar-refractivity contribution in [3.05, 3.63) is 40.6 Å². The Morgan fingerprint density at radius 3 is 2.86 bits per heavy atom. The Morgan fingerprint density at radius 2 is 2.29 bits per heavy atom. The molecule has 1 aliphatic heterocycles. The van der Waals surface area contributed by atoms with Gasteiger partial charge in [-0.2, -0.15) is 0 Å². The molecular weight excluding hydrogens is 313 g/mol. The fraction of sp³-hybridized carbons (Fsp3) is 0.214. The van der Waals surface area contributed by atoms with Gasteiger partial charge in [0.15, 0.2) is 0 Å². The van der Waals surface area contributed by atoms with Crippen LogP contribution in [0.3, 0.4) is 0 Å². The second-order valence-corrected chi connectivity index (χ2v) is 6.04. The Morgan fingerprint density at radius 1 is 1.57 bits per heavy atom. The molecule has 110 valence electrons. The zero-order valence-electron chi connectivity index (χ0n) is 11.1. The quantitative estimate of drug-likeness (QED) is 0.681. The van der Waals surface area contributed by atoms with Crippen LogP contribution in [0.2, 0.25) is 0 Å². The molecule has 1 atom stereocenters. The highest BCUT2D eigenvalue weighted by Gasteiger charge is 2.39. The number of aliphatic carboxylic acids is 1. The van der Waals surface area contributed by atoms with Gasteiger partial charge >= 0.3 is 5.97 Å². The van der Waals surface area contributed by atoms with Crippen LogP contribution < -0.4 is 0 Å². The van der Waals surface area contributed by atoms with Crippen LogP contribution in [0.1, 0.15) is 18.9 Å². The molecule has 0 unspecified atom stereocenters. The molecule has 7 heteroatoms. The van der Waals surface area contributed by atoms with Gasteiger partial charge in [0.25, 0.3) is 5.91 Å². The van der Waals surface area contributed by atoms with Crippen molar-refractivity contribution in [2.75, 3.05) is 0 Å². The molecule has 1 aromatic carbocycles. The van der Waals surface area contributed by atoms with E-state index < -0.39 is 23.7 Å². The minimum Gasteiger partial charge on any atom is -0.480 e. The van der Waals surface area contributed by atoms with Gasteiger partial charge in [-0.1, -0.05) is 43.0 Å². The van der Waals surface area contributed by atoms with Gasteiger partial charge in [-0.3, -0.25) is 9.69 Å². The smallest absolute Gasteiger partial charge is 0.326 e. The summed E-state index contributed by atoms with van der Waals surface area (Å²) in [6, 6.07) is 4.81. The molecule has 0 aliphatic carbocycles. The van der Waals surface area contributed by atoms with Crippen LogP contribution in [0.4, 0.5) is 4.39 Å². The number of thioether (sulfide) groups is 1. The van der Waals surface area contributed by atoms with Crippen molar-refractivity contribution >= 4 is 46.3 Å². The van der Waals surface area contributed by atoms with Gasteiger partial charge in [0.2, 0.25) is 0 Å². The summed E-state index contributed by atoms with van der Waals surface area (Å²) in [6.45, 7) is 1.67. The molecule has 1 amide bonds. The number of benzene rings is 1. The molecule has 1 saturated heterocycles. The van der Waals surface area contributed by atoms with Crippen molar-refractivity contribution in [3.8, 4) is 0 Å². The van der Waals surface area contributed by atoms with E-state index in [1.54, 1.807) is 13.0 Å². The summed E-state index contributed by atoms with van der Waals surface area (Å²) < 4.78 is 13.4. The van der Waals surface area contributed by atoms with Gasteiger partial charge in [-0.05, 0) is 30.2 Å². The van der Waals surface area contributed by atoms with Crippen molar-refractivity contribution in [2.45, 2.75) is 19.4 Å². The second kappa shape index (κ2) is 6.36. The molecule has 4 nitrogen and oxygen atoms in total. The number of thiocarbonyl (C=S) groups is 1. The SMILES string of the molecule is CC[C@H](C(=O)O)N1C(=O)/C(=C\c2cccc(F)c2)SC1=S. The summed E-state index contributed by atoms with van der Waals surface area (Å²) in [5.74, 6) is -1.96. The van der Waals surface area contributed by atoms with E-state index in [-0.39, 0.29) is 10.7 Å². The van der Waals surface area contributed by atoms with Crippen molar-refractivity contribution in [3.63, 3.8) is 0 Å². The van der Waals surface area contributed by atoms with E-state index in [1.807, 2.05) is 0 Å². The Labute approximate surface area is 130 Å². The van der Waals surface area contributed by atoms with E-state index >= 15 is 0 Å². The summed E-state index contributed by atoms with van der Waals surface area (Å²) in [4.78, 5) is 24.9. The number of halogens is 1. The monoisotopic (exact) mass is 325 g/mol. The van der Waals surface area contributed by atoms with E-state index in [4.69, 9.17) is 17.3 Å². The normalized spacial score (nSPS) is 18.4. The fourth-order valence-electron chi connectivity index (χ4n) is 1.96. The largest absolute Gasteiger partial charge is 0.480 e. The summed E-state index contributed by atoms with van der Waals surface area (Å²) in [5, 5.41) is 9.15. The number of carboxylic acids is 1. The van der Waals surface area contributed by atoms with Crippen LogP contribution >= 0.6 is 24.0 Å². The maximum Gasteiger partial charge on any atom is 0.326 e. The number of hydrogen-bond donors (Lipinski definition) is 1. The van der Waals surface area contributed by atoms with E-state index in [9.17, 15) is 14.0 Å². The molecule has 0 saturated carbocycles. The molecule has 1 aromatic rings. The first-order valence-corrected chi connectivity index (χ1v) is 7.42. The Balaban J connectivity index is 2.31. The Bertz CT molecular complexity index is 645. The lowest BCUT2D eigenvalue weighted by Crippen LogP contribution is -2.43. The highest BCUT2D eigenvalue weighted by molar-refractivity contribution is 8.26. The average Bonchev–Trinajstić information content (AvgIpc) is 2.67. The standard InChI is InChI=1S/C14H12FNO3S2/c1-2-10(13(18)19)16-12(17)11(21-14(16)20)7-8-4-3-5-9(15)6-8/h3-7,10H,2H2,1H3,(H,18,19)/b11-7+/t10-/m1/s1. The molecule has 1 aliphatic rings. The molecule has 21 heavy (non-hydrogen) atoms. The molecule has 0 spiro atoms. The predicted octanol–water partition coefficient (Wildman–Crippen LogP) is 2.89. The zero-order valence-corrected chi connectivity index (χ0v) is 12.7. The summed E-state index contributed by atoms with van der Waals surface area (Å²) in [6.07, 6.45) is 1.77. The number of nitrogens with zero attached hydrogens (tertiary/aromatic N) is 1. The second-order valence-electron chi connectivity index (χ2n) is 4.37. The number of carbonyl (C=O) groups excluding carboxylic acids is 1. The van der Waals surface area contributed by atoms with Gasteiger partial charge in [0.05, 0.1) is 4.91 Å². The van der Waals surface area contributed by atoms with Crippen LogP contribution in [0.5, 0.6) is 0 Å². The van der Waals surface area contributed by atoms with E-state index in [1.165, 1.54) is 24.3 Å². The van der Waals surface area contributed by atoms with E-state index in [0.717, 1.165) is 16.7 Å². The highest BCUT2D eigenvalue weighted by Crippen LogP contribution is 2.34. The van der Waals surface area contributed by atoms with Gasteiger partial charge in [0, 0.05) is 0 Å². The lowest BCUT2D eigenvalue weighted by atomic mass is 10.1. The lowest BCUT2D eigenvalue weighted by molar-refractivity contribution is -0.145. The third kappa shape index (κ3) is 3.30. The average molecular weight is 325 g/mol. The topological polar surface area (TPSA) is 57.6 Å². The van der Waals surface area contributed by atoms with Crippen molar-refractivity contribution in [1.82, 2.24) is 4.90 Å². The predicted molar refractivity (Wildman–Crippen MR) is 83.1 cm³/mol. The maximum atomic E-state index is 13.1. The summed E-state index contributed by atoms with van der Waals surface area (Å²) in [5.41, 5.74) is 0.527. The van der Waals surface area contributed by atoms with Crippen LogP contribution in [0.25, 0.3) is 6.08 Å². The summed E-state index contributed by atoms with van der Waals surface area (Å²) >= 11 is 6.11. The maximum absolute atomic E-state index is 13.1. The molecule has 0 aromatic heterocycles. The van der Waals surface area contributed by atoms with Crippen molar-refractivity contribution in [1.29, 1.82) is 0 Å². The third-order valence-electron chi connectivity index (χ3n) is 2.95. The van der Waals surface area contributed by atoms with Gasteiger partial charge in [-0.15, -0.1) is 0 Å². The van der Waals surface area contributed by atoms with Crippen LogP contribution in [0, 0.1) is 5.82 Å². The minimum atomic E-state index is -1.10. The number of carboxylic acid groups (broad SMARTS) is 1. The summed E-state index contributed by atoms with van der Waals surface area (Å²) in [7, 11) is 0. The number of rotatable bonds is 4. The first-order valence-electron chi connectivity index (χ1n) is 6.19. The van der Waals surface area contributed by atoms with Crippen LogP contribution in [-0.4, -0.2) is 32.2 Å². The van der Waals surface area contributed by atoms with Gasteiger partial charge in [0.1, 0.15) is 16.2 Å². The third-order valence-corrected chi connectivity index (χ3v) is 4.28. The minimum absolute atomic E-state index is 0.205. The zero-order chi connectivity index (χ0) is 15.6. The van der Waals surface area contributed by atoms with Crippen LogP contribution in [-0.2, 0) is 9.59 Å². The fourth-order valence-corrected chi connectivity index (χ4v) is 3.32. The van der Waals surface area contributed by atoms with E-state index in [0.29, 0.717) is 10.5 Å². The molecule has 1 fully saturated rings. The first kappa shape index (κ1) is 15.7. The van der Waals surface area contributed by atoms with Gasteiger partial charge in [-0.25, -0.2) is 9.18 Å². The molecule has 2 rings (SSSR count). The molecule has 1 heterocycles. The van der Waals surface area contributed by atoms with Crippen molar-refractivity contribution in [2.24, 2.45) is 0 Å². The van der Waals surface area contributed by atoms with E-state index in [2.05, 4.69) is 0 Å². The van der Waals surface area contributed by atoms with Crippen LogP contribution in [0.15, 0.2) is 29.2 Å². The number of carbonyl (C=O) groups is 2. The molecule has 1 N–H and O–H groups in total. The number of amides is 1.